The van der Waals surface area contributed by atoms with E-state index in [1.807, 2.05) is 31.2 Å². The number of carbonyl (C=O) groups excluding carboxylic acids is 2. The molecule has 0 spiro atoms. The van der Waals surface area contributed by atoms with Crippen molar-refractivity contribution in [3.63, 3.8) is 0 Å². The summed E-state index contributed by atoms with van der Waals surface area (Å²) in [5.74, 6) is -2.11. The lowest BCUT2D eigenvalue weighted by atomic mass is 10.1. The molecule has 1 unspecified atom stereocenters. The van der Waals surface area contributed by atoms with Gasteiger partial charge in [0.05, 0.1) is 17.4 Å². The standard InChI is InChI=1S/C22H22F3N3O4/c1-15-6-8-16(9-7-15)11-26-13-18(10-20(26)29)21(30)27(14-22(23,24)25)12-17-4-2-3-5-19(17)28(31)32/h2-9,18H,10-14H2,1H3. The fraction of sp³-hybridized carbons (Fsp3) is 0.364. The molecule has 1 aliphatic rings. The molecule has 0 aromatic heterocycles. The summed E-state index contributed by atoms with van der Waals surface area (Å²) in [6, 6.07) is 12.8. The Balaban J connectivity index is 1.77. The molecular weight excluding hydrogens is 427 g/mol. The first kappa shape index (κ1) is 23.2. The lowest BCUT2D eigenvalue weighted by Crippen LogP contribution is -2.42. The van der Waals surface area contributed by atoms with Crippen LogP contribution in [0.5, 0.6) is 0 Å². The van der Waals surface area contributed by atoms with E-state index in [0.717, 1.165) is 11.1 Å². The van der Waals surface area contributed by atoms with Gasteiger partial charge in [-0.1, -0.05) is 48.0 Å². The van der Waals surface area contributed by atoms with Crippen LogP contribution in [-0.4, -0.2) is 45.8 Å². The summed E-state index contributed by atoms with van der Waals surface area (Å²) in [6.45, 7) is 0.0492. The Bertz CT molecular complexity index is 1010. The molecule has 2 aromatic rings. The van der Waals surface area contributed by atoms with Gasteiger partial charge in [-0.2, -0.15) is 13.2 Å². The smallest absolute Gasteiger partial charge is 0.338 e. The van der Waals surface area contributed by atoms with Gasteiger partial charge in [0.1, 0.15) is 6.54 Å². The molecule has 0 bridgehead atoms. The van der Waals surface area contributed by atoms with E-state index in [2.05, 4.69) is 0 Å². The molecule has 7 nitrogen and oxygen atoms in total. The number of hydrogen-bond acceptors (Lipinski definition) is 4. The fourth-order valence-electron chi connectivity index (χ4n) is 3.72. The average molecular weight is 449 g/mol. The number of alkyl halides is 3. The number of rotatable bonds is 7. The molecule has 2 amide bonds. The van der Waals surface area contributed by atoms with Crippen LogP contribution in [0.1, 0.15) is 23.1 Å². The van der Waals surface area contributed by atoms with Gasteiger partial charge in [0.15, 0.2) is 0 Å². The average Bonchev–Trinajstić information content (AvgIpc) is 3.08. The number of halogens is 3. The number of hydrogen-bond donors (Lipinski definition) is 0. The Morgan fingerprint density at radius 2 is 1.84 bits per heavy atom. The topological polar surface area (TPSA) is 83.8 Å². The number of para-hydroxylation sites is 1. The summed E-state index contributed by atoms with van der Waals surface area (Å²) in [4.78, 5) is 37.9. The van der Waals surface area contributed by atoms with Gasteiger partial charge in [-0.25, -0.2) is 0 Å². The van der Waals surface area contributed by atoms with Gasteiger partial charge in [0.25, 0.3) is 5.69 Å². The highest BCUT2D eigenvalue weighted by molar-refractivity contribution is 5.89. The molecule has 3 rings (SSSR count). The van der Waals surface area contributed by atoms with E-state index in [9.17, 15) is 32.9 Å². The number of carbonyl (C=O) groups is 2. The summed E-state index contributed by atoms with van der Waals surface area (Å²) in [6.07, 6.45) is -4.89. The minimum Gasteiger partial charge on any atom is -0.338 e. The van der Waals surface area contributed by atoms with Gasteiger partial charge < -0.3 is 9.80 Å². The highest BCUT2D eigenvalue weighted by Gasteiger charge is 2.40. The van der Waals surface area contributed by atoms with E-state index < -0.39 is 36.0 Å². The van der Waals surface area contributed by atoms with Gasteiger partial charge in [-0.05, 0) is 12.5 Å². The second kappa shape index (κ2) is 9.37. The van der Waals surface area contributed by atoms with Crippen LogP contribution in [0.25, 0.3) is 0 Å². The molecule has 1 fully saturated rings. The predicted molar refractivity (Wildman–Crippen MR) is 109 cm³/mol. The molecular formula is C22H22F3N3O4. The summed E-state index contributed by atoms with van der Waals surface area (Å²) >= 11 is 0. The summed E-state index contributed by atoms with van der Waals surface area (Å²) in [7, 11) is 0. The monoisotopic (exact) mass is 449 g/mol. The Kier molecular flexibility index (Phi) is 6.81. The molecule has 1 aliphatic heterocycles. The molecule has 0 N–H and O–H groups in total. The molecule has 170 valence electrons. The van der Waals surface area contributed by atoms with Gasteiger partial charge in [-0.3, -0.25) is 19.7 Å². The number of nitrogens with zero attached hydrogens (tertiary/aromatic N) is 3. The van der Waals surface area contributed by atoms with Crippen LogP contribution in [0.4, 0.5) is 18.9 Å². The van der Waals surface area contributed by atoms with Crippen LogP contribution in [0, 0.1) is 23.0 Å². The fourth-order valence-corrected chi connectivity index (χ4v) is 3.72. The minimum atomic E-state index is -4.69. The van der Waals surface area contributed by atoms with Gasteiger partial charge in [0.2, 0.25) is 11.8 Å². The first-order valence-electron chi connectivity index (χ1n) is 9.94. The second-order valence-electron chi connectivity index (χ2n) is 7.86. The van der Waals surface area contributed by atoms with E-state index >= 15 is 0 Å². The third-order valence-electron chi connectivity index (χ3n) is 5.29. The van der Waals surface area contributed by atoms with Crippen LogP contribution in [0.3, 0.4) is 0 Å². The zero-order chi connectivity index (χ0) is 23.5. The summed E-state index contributed by atoms with van der Waals surface area (Å²) in [5.41, 5.74) is 1.53. The third kappa shape index (κ3) is 5.83. The van der Waals surface area contributed by atoms with Crippen LogP contribution < -0.4 is 0 Å². The quantitative estimate of drug-likeness (QED) is 0.475. The van der Waals surface area contributed by atoms with Crippen molar-refractivity contribution in [2.24, 2.45) is 5.92 Å². The van der Waals surface area contributed by atoms with Crippen molar-refractivity contribution in [3.05, 3.63) is 75.3 Å². The Labute approximate surface area is 182 Å². The predicted octanol–water partition coefficient (Wildman–Crippen LogP) is 3.84. The van der Waals surface area contributed by atoms with Crippen LogP contribution in [-0.2, 0) is 22.7 Å². The largest absolute Gasteiger partial charge is 0.406 e. The van der Waals surface area contributed by atoms with E-state index in [-0.39, 0.29) is 36.7 Å². The number of nitro groups is 1. The summed E-state index contributed by atoms with van der Waals surface area (Å²) < 4.78 is 39.5. The highest BCUT2D eigenvalue weighted by atomic mass is 19.4. The second-order valence-corrected chi connectivity index (χ2v) is 7.86. The highest BCUT2D eigenvalue weighted by Crippen LogP contribution is 2.27. The van der Waals surface area contributed by atoms with Crippen molar-refractivity contribution in [3.8, 4) is 0 Å². The Morgan fingerprint density at radius 3 is 2.47 bits per heavy atom. The lowest BCUT2D eigenvalue weighted by Gasteiger charge is -2.26. The molecule has 32 heavy (non-hydrogen) atoms. The molecule has 1 saturated heterocycles. The van der Waals surface area contributed by atoms with Crippen LogP contribution in [0.2, 0.25) is 0 Å². The molecule has 1 heterocycles. The van der Waals surface area contributed by atoms with Gasteiger partial charge >= 0.3 is 6.18 Å². The first-order chi connectivity index (χ1) is 15.0. The van der Waals surface area contributed by atoms with E-state index in [1.165, 1.54) is 29.2 Å². The zero-order valence-electron chi connectivity index (χ0n) is 17.3. The molecule has 1 atom stereocenters. The normalized spacial score (nSPS) is 16.3. The van der Waals surface area contributed by atoms with Crippen LogP contribution in [0.15, 0.2) is 48.5 Å². The summed E-state index contributed by atoms with van der Waals surface area (Å²) in [5, 5.41) is 11.2. The van der Waals surface area contributed by atoms with E-state index in [4.69, 9.17) is 0 Å². The lowest BCUT2D eigenvalue weighted by molar-refractivity contribution is -0.385. The van der Waals surface area contributed by atoms with Crippen molar-refractivity contribution in [2.75, 3.05) is 13.1 Å². The van der Waals surface area contributed by atoms with Gasteiger partial charge in [-0.15, -0.1) is 0 Å². The number of aryl methyl sites for hydroxylation is 1. The number of amides is 2. The van der Waals surface area contributed by atoms with Gasteiger partial charge in [0, 0.05) is 31.1 Å². The molecule has 0 saturated carbocycles. The number of benzene rings is 2. The SMILES string of the molecule is Cc1ccc(CN2CC(C(=O)N(Cc3ccccc3[N+](=O)[O-])CC(F)(F)F)CC2=O)cc1. The zero-order valence-corrected chi connectivity index (χ0v) is 17.3. The third-order valence-corrected chi connectivity index (χ3v) is 5.29. The molecule has 0 aliphatic carbocycles. The molecule has 0 radical (unpaired) electrons. The van der Waals surface area contributed by atoms with Crippen molar-refractivity contribution in [1.29, 1.82) is 0 Å². The minimum absolute atomic E-state index is 0.00319. The number of likely N-dealkylation sites (tertiary alicyclic amines) is 1. The van der Waals surface area contributed by atoms with Crippen molar-refractivity contribution >= 4 is 17.5 Å². The van der Waals surface area contributed by atoms with Crippen molar-refractivity contribution in [2.45, 2.75) is 32.6 Å². The van der Waals surface area contributed by atoms with Crippen molar-refractivity contribution < 1.29 is 27.7 Å². The Morgan fingerprint density at radius 1 is 1.19 bits per heavy atom. The molecule has 10 heteroatoms. The van der Waals surface area contributed by atoms with Crippen molar-refractivity contribution in [1.82, 2.24) is 9.80 Å². The van der Waals surface area contributed by atoms with Crippen LogP contribution >= 0.6 is 0 Å². The van der Waals surface area contributed by atoms with E-state index in [0.29, 0.717) is 4.90 Å². The maximum atomic E-state index is 13.2. The maximum Gasteiger partial charge on any atom is 0.406 e. The Hall–Kier alpha value is -3.43. The number of nitro benzene ring substituents is 1. The maximum absolute atomic E-state index is 13.2. The van der Waals surface area contributed by atoms with E-state index in [1.54, 1.807) is 0 Å². The molecule has 2 aromatic carbocycles. The first-order valence-corrected chi connectivity index (χ1v) is 9.94.